The topological polar surface area (TPSA) is 560 Å². The van der Waals surface area contributed by atoms with E-state index >= 15 is 0 Å². The van der Waals surface area contributed by atoms with Gasteiger partial charge in [0.05, 0.1) is 39.8 Å². The number of nitrogens with two attached hydrogens (primary N) is 3. The zero-order chi connectivity index (χ0) is 81.4. The number of hydrogen-bond donors (Lipinski definition) is 18. The first kappa shape index (κ1) is 81.9. The fraction of sp³-hybridized carbons (Fsp3) is 0.352. The molecule has 13 amide bonds. The molecule has 0 spiro atoms. The van der Waals surface area contributed by atoms with Crippen LogP contribution in [0.4, 0.5) is 39.8 Å². The van der Waals surface area contributed by atoms with E-state index in [1.165, 1.54) is 99.6 Å². The minimum atomic E-state index is -1.12. The number of primary amides is 1. The van der Waals surface area contributed by atoms with Crippen LogP contribution in [0.25, 0.3) is 0 Å². The summed E-state index contributed by atoms with van der Waals surface area (Å²) >= 11 is 0. The van der Waals surface area contributed by atoms with Crippen LogP contribution in [-0.2, 0) is 80.4 Å². The van der Waals surface area contributed by atoms with E-state index in [1.54, 1.807) is 96.5 Å². The van der Waals surface area contributed by atoms with Gasteiger partial charge in [-0.1, -0.05) is 0 Å². The number of guanidine groups is 2. The number of carbonyl (C=O) groups is 13. The smallest absolute Gasteiger partial charge is 0.291 e. The average molecular weight is 1550 g/mol. The lowest BCUT2D eigenvalue weighted by Gasteiger charge is -2.29. The number of anilines is 7. The fourth-order valence-corrected chi connectivity index (χ4v) is 12.5. The SMILES string of the molecule is Cn1cc(NC(=O)c2cc(NC(=O)c3cc(NC(=O)c4nccn4C)cn3C)cn2C)cc1C(=O)NCCCC(=O)Nc1cc(C(=O)Nc2cc(C(=O)Nc3cc(C(=O)Nc4cc(C(=O)NCCC(=O)NC(CCCNC(=N)N)C(=O)N5CCCC5C(=O)NC(CCCNC(=N)N)C(N)=O)n(C)c4)n(C)c3)n(C)c2)n(C)c1. The summed E-state index contributed by atoms with van der Waals surface area (Å²) < 4.78 is 12.1. The normalized spacial score (nSPS) is 12.9. The van der Waals surface area contributed by atoms with E-state index in [-0.39, 0.29) is 158 Å². The molecular formula is C71H92N28O13. The van der Waals surface area contributed by atoms with Gasteiger partial charge in [-0.05, 0) is 87.4 Å². The zero-order valence-corrected chi connectivity index (χ0v) is 62.9. The summed E-state index contributed by atoms with van der Waals surface area (Å²) in [4.78, 5) is 179. The number of amides is 13. The maximum atomic E-state index is 14.1. The molecule has 8 aromatic heterocycles. The largest absolute Gasteiger partial charge is 0.370 e. The van der Waals surface area contributed by atoms with E-state index < -0.39 is 89.0 Å². The number of aromatic nitrogens is 9. The summed E-state index contributed by atoms with van der Waals surface area (Å²) in [7, 11) is 13.0. The van der Waals surface area contributed by atoms with E-state index in [0.717, 1.165) is 0 Å². The fourth-order valence-electron chi connectivity index (χ4n) is 12.5. The number of carbonyl (C=O) groups excluding carboxylic acids is 13. The Morgan fingerprint density at radius 2 is 0.759 bits per heavy atom. The number of imidazole rings is 1. The number of nitrogens with zero attached hydrogens (tertiary/aromatic N) is 10. The molecule has 594 valence electrons. The number of aryl methyl sites for hydroxylation is 8. The van der Waals surface area contributed by atoms with Gasteiger partial charge in [0.25, 0.3) is 47.3 Å². The number of rotatable bonds is 35. The van der Waals surface area contributed by atoms with Crippen LogP contribution in [0.5, 0.6) is 0 Å². The van der Waals surface area contributed by atoms with Crippen molar-refractivity contribution in [3.8, 4) is 0 Å². The molecule has 0 radical (unpaired) electrons. The zero-order valence-electron chi connectivity index (χ0n) is 62.9. The summed E-state index contributed by atoms with van der Waals surface area (Å²) in [5.74, 6) is -7.52. The quantitative estimate of drug-likeness (QED) is 0.0146. The van der Waals surface area contributed by atoms with Crippen LogP contribution in [0.15, 0.2) is 98.2 Å². The van der Waals surface area contributed by atoms with Crippen LogP contribution in [0.2, 0.25) is 0 Å². The molecular weight excluding hydrogens is 1450 g/mol. The molecule has 8 aromatic rings. The highest BCUT2D eigenvalue weighted by molar-refractivity contribution is 6.11. The molecule has 3 atom stereocenters. The van der Waals surface area contributed by atoms with Crippen molar-refractivity contribution in [1.29, 1.82) is 10.8 Å². The second-order valence-corrected chi connectivity index (χ2v) is 26.8. The van der Waals surface area contributed by atoms with Gasteiger partial charge in [0.15, 0.2) is 17.7 Å². The van der Waals surface area contributed by atoms with Crippen molar-refractivity contribution in [2.75, 3.05) is 69.9 Å². The predicted octanol–water partition coefficient (Wildman–Crippen LogP) is 0.544. The maximum Gasteiger partial charge on any atom is 0.291 e. The van der Waals surface area contributed by atoms with Crippen LogP contribution in [0.3, 0.4) is 0 Å². The number of nitrogens with one attached hydrogen (secondary N) is 15. The first-order valence-corrected chi connectivity index (χ1v) is 35.4. The van der Waals surface area contributed by atoms with Crippen molar-refractivity contribution >= 4 is 129 Å². The van der Waals surface area contributed by atoms with Crippen molar-refractivity contribution in [1.82, 2.24) is 78.3 Å². The minimum absolute atomic E-state index is 0.00619. The van der Waals surface area contributed by atoms with Crippen molar-refractivity contribution < 1.29 is 62.3 Å². The van der Waals surface area contributed by atoms with Gasteiger partial charge in [0, 0.05) is 158 Å². The van der Waals surface area contributed by atoms with Crippen LogP contribution in [0, 0.1) is 10.8 Å². The van der Waals surface area contributed by atoms with Crippen molar-refractivity contribution in [3.63, 3.8) is 0 Å². The summed E-state index contributed by atoms with van der Waals surface area (Å²) in [5, 5.41) is 50.2. The molecule has 0 saturated carbocycles. The third-order valence-corrected chi connectivity index (χ3v) is 18.1. The van der Waals surface area contributed by atoms with E-state index in [9.17, 15) is 62.3 Å². The molecule has 0 bridgehead atoms. The number of likely N-dealkylation sites (tertiary alicyclic amines) is 1. The third kappa shape index (κ3) is 21.4. The second-order valence-electron chi connectivity index (χ2n) is 26.8. The molecule has 1 aliphatic rings. The van der Waals surface area contributed by atoms with Crippen LogP contribution in [0.1, 0.15) is 142 Å². The highest BCUT2D eigenvalue weighted by Gasteiger charge is 2.39. The van der Waals surface area contributed by atoms with Gasteiger partial charge in [-0.2, -0.15) is 0 Å². The van der Waals surface area contributed by atoms with E-state index in [4.69, 9.17) is 28.0 Å². The van der Waals surface area contributed by atoms with Crippen LogP contribution < -0.4 is 86.3 Å². The van der Waals surface area contributed by atoms with Gasteiger partial charge in [0.1, 0.15) is 58.0 Å². The Morgan fingerprint density at radius 3 is 1.12 bits per heavy atom. The first-order valence-electron chi connectivity index (χ1n) is 35.4. The lowest BCUT2D eigenvalue weighted by Crippen LogP contribution is -2.56. The molecule has 0 aromatic carbocycles. The first-order chi connectivity index (χ1) is 53.2. The molecule has 0 aliphatic carbocycles. The Kier molecular flexibility index (Phi) is 26.8. The predicted molar refractivity (Wildman–Crippen MR) is 412 cm³/mol. The molecule has 3 unspecified atom stereocenters. The maximum absolute atomic E-state index is 14.1. The van der Waals surface area contributed by atoms with Gasteiger partial charge in [-0.3, -0.25) is 73.1 Å². The van der Waals surface area contributed by atoms with Crippen molar-refractivity contribution in [2.45, 2.75) is 75.9 Å². The molecule has 1 fully saturated rings. The Hall–Kier alpha value is -14.2. The molecule has 9 rings (SSSR count). The van der Waals surface area contributed by atoms with Gasteiger partial charge in [-0.25, -0.2) is 4.98 Å². The van der Waals surface area contributed by atoms with E-state index in [2.05, 4.69) is 74.1 Å². The molecule has 41 nitrogen and oxygen atoms in total. The molecule has 112 heavy (non-hydrogen) atoms. The van der Waals surface area contributed by atoms with Crippen molar-refractivity contribution in [3.05, 3.63) is 144 Å². The Morgan fingerprint density at radius 1 is 0.411 bits per heavy atom. The van der Waals surface area contributed by atoms with Crippen LogP contribution >= 0.6 is 0 Å². The summed E-state index contributed by atoms with van der Waals surface area (Å²) in [6, 6.07) is 7.14. The average Bonchev–Trinajstić information content (AvgIpc) is 1.64. The Labute approximate surface area is 640 Å². The highest BCUT2D eigenvalue weighted by Crippen LogP contribution is 2.26. The molecule has 1 saturated heterocycles. The summed E-state index contributed by atoms with van der Waals surface area (Å²) in [6.45, 7) is 0.605. The van der Waals surface area contributed by atoms with E-state index in [0.29, 0.717) is 35.6 Å². The lowest BCUT2D eigenvalue weighted by atomic mass is 10.1. The van der Waals surface area contributed by atoms with Crippen LogP contribution in [-0.4, -0.2) is 186 Å². The molecule has 21 N–H and O–H groups in total. The van der Waals surface area contributed by atoms with Gasteiger partial charge in [0.2, 0.25) is 29.5 Å². The monoisotopic (exact) mass is 1540 g/mol. The van der Waals surface area contributed by atoms with E-state index in [1.807, 2.05) is 0 Å². The Bertz CT molecular complexity index is 4950. The van der Waals surface area contributed by atoms with Gasteiger partial charge in [-0.15, -0.1) is 0 Å². The molecule has 41 heteroatoms. The summed E-state index contributed by atoms with van der Waals surface area (Å²) in [6.07, 6.45) is 15.5. The Balaban J connectivity index is 0.687. The molecule has 9 heterocycles. The standard InChI is InChI=1S/C71H92N28O13/c1-91-24-22-77-59(91)68(111)88-45-31-55(98(8)38-45)67(110)87-44-30-52(96(6)37-44)64(107)83-40-26-49(92(2)33-40)60(103)78-18-11-16-56(100)82-39-25-51(94(4)32-39)63(106)85-42-28-54(97(7)35-42)66(109)86-43-29-53(95(5)36-43)65(108)84-41-27-50(93(3)34-41)61(104)79-21-17-57(101)89-47(14-10-20-81-71(75)76)69(112)99-23-12-15-48(99)62(105)90-46(58(72)102)13-9-19-80-70(73)74/h22,24-38,46-48H,9-21,23H2,1-8H3,(H2,72,102)(H,78,103)(H,79,104)(H,82,100)(H,83,107)(H,84,108)(H,85,106)(H,86,109)(H,87,110)(H,88,111)(H,89,101)(H,90,105)(H4,73,74,80)(H4,75,76,81). The second kappa shape index (κ2) is 36.6. The summed E-state index contributed by atoms with van der Waals surface area (Å²) in [5.41, 5.74) is 19.7. The highest BCUT2D eigenvalue weighted by atomic mass is 16.2. The molecule has 1 aliphatic heterocycles. The van der Waals surface area contributed by atoms with Gasteiger partial charge < -0.3 is 128 Å². The third-order valence-electron chi connectivity index (χ3n) is 18.1. The van der Waals surface area contributed by atoms with Crippen molar-refractivity contribution in [2.24, 2.45) is 73.6 Å². The minimum Gasteiger partial charge on any atom is -0.370 e. The lowest BCUT2D eigenvalue weighted by molar-refractivity contribution is -0.142. The number of hydrogen-bond acceptors (Lipinski definition) is 16. The van der Waals surface area contributed by atoms with Gasteiger partial charge >= 0.3 is 0 Å².